The van der Waals surface area contributed by atoms with Crippen LogP contribution in [0.3, 0.4) is 0 Å². The fraction of sp³-hybridized carbons (Fsp3) is 0.321. The van der Waals surface area contributed by atoms with Gasteiger partial charge in [-0.15, -0.1) is 0 Å². The lowest BCUT2D eigenvalue weighted by Gasteiger charge is -2.17. The zero-order valence-electron chi connectivity index (χ0n) is 20.5. The number of aryl methyl sites for hydroxylation is 4. The second kappa shape index (κ2) is 10.1. The minimum atomic E-state index is -0.144. The van der Waals surface area contributed by atoms with Crippen LogP contribution in [0, 0.1) is 20.8 Å². The van der Waals surface area contributed by atoms with Crippen molar-refractivity contribution in [3.63, 3.8) is 0 Å². The number of hydrogen-bond donors (Lipinski definition) is 0. The van der Waals surface area contributed by atoms with Gasteiger partial charge in [-0.2, -0.15) is 9.78 Å². The van der Waals surface area contributed by atoms with E-state index in [-0.39, 0.29) is 5.56 Å². The summed E-state index contributed by atoms with van der Waals surface area (Å²) in [6.45, 7) is 10.7. The van der Waals surface area contributed by atoms with E-state index in [1.165, 1.54) is 21.5 Å². The van der Waals surface area contributed by atoms with Gasteiger partial charge < -0.3 is 4.57 Å². The largest absolute Gasteiger partial charge is 0.317 e. The molecule has 0 saturated carbocycles. The highest BCUT2D eigenvalue weighted by Gasteiger charge is 2.15. The molecule has 2 heterocycles. The molecule has 0 radical (unpaired) electrons. The van der Waals surface area contributed by atoms with Crippen molar-refractivity contribution in [2.24, 2.45) is 5.10 Å². The van der Waals surface area contributed by atoms with E-state index in [4.69, 9.17) is 4.98 Å². The quantitative estimate of drug-likeness (QED) is 0.256. The molecule has 2 aromatic heterocycles. The van der Waals surface area contributed by atoms with Gasteiger partial charge in [-0.05, 0) is 69.0 Å². The minimum absolute atomic E-state index is 0.144. The average molecular weight is 519 g/mol. The summed E-state index contributed by atoms with van der Waals surface area (Å²) in [5, 5.41) is 5.23. The average Bonchev–Trinajstić information content (AvgIpc) is 3.10. The number of rotatable bonds is 7. The third kappa shape index (κ3) is 4.51. The van der Waals surface area contributed by atoms with Crippen molar-refractivity contribution in [3.8, 4) is 5.69 Å². The molecule has 0 atom stereocenters. The molecule has 0 N–H and O–H groups in total. The van der Waals surface area contributed by atoms with Crippen LogP contribution in [0.2, 0.25) is 0 Å². The third-order valence-corrected chi connectivity index (χ3v) is 6.83. The number of aromatic nitrogens is 3. The van der Waals surface area contributed by atoms with Crippen LogP contribution in [0.1, 0.15) is 60.6 Å². The number of fused-ring (bicyclic) bond motifs is 1. The Kier molecular flexibility index (Phi) is 7.17. The Bertz CT molecular complexity index is 1450. The Labute approximate surface area is 209 Å². The van der Waals surface area contributed by atoms with Crippen LogP contribution in [0.5, 0.6) is 0 Å². The Morgan fingerprint density at radius 1 is 1.09 bits per heavy atom. The molecular formula is C28H31BrN4O. The van der Waals surface area contributed by atoms with Crippen molar-refractivity contribution in [3.05, 3.63) is 91.2 Å². The van der Waals surface area contributed by atoms with Gasteiger partial charge in [0.1, 0.15) is 5.82 Å². The van der Waals surface area contributed by atoms with Gasteiger partial charge in [0.2, 0.25) is 0 Å². The van der Waals surface area contributed by atoms with Crippen LogP contribution in [0.4, 0.5) is 0 Å². The van der Waals surface area contributed by atoms with Gasteiger partial charge in [-0.25, -0.2) is 4.98 Å². The molecule has 0 aliphatic rings. The lowest BCUT2D eigenvalue weighted by atomic mass is 10.1. The highest BCUT2D eigenvalue weighted by molar-refractivity contribution is 9.10. The Hall–Kier alpha value is -2.99. The normalized spacial score (nSPS) is 11.7. The highest BCUT2D eigenvalue weighted by atomic mass is 79.9. The monoisotopic (exact) mass is 518 g/mol. The van der Waals surface area contributed by atoms with E-state index >= 15 is 0 Å². The number of halogens is 1. The first-order valence-electron chi connectivity index (χ1n) is 11.9. The Morgan fingerprint density at radius 2 is 1.88 bits per heavy atom. The van der Waals surface area contributed by atoms with Gasteiger partial charge >= 0.3 is 0 Å². The van der Waals surface area contributed by atoms with Crippen LogP contribution in [0.25, 0.3) is 16.6 Å². The first-order valence-corrected chi connectivity index (χ1v) is 12.7. The predicted molar refractivity (Wildman–Crippen MR) is 145 cm³/mol. The maximum atomic E-state index is 13.4. The lowest BCUT2D eigenvalue weighted by molar-refractivity contribution is 0.675. The molecule has 5 nitrogen and oxygen atoms in total. The van der Waals surface area contributed by atoms with Gasteiger partial charge in [0, 0.05) is 27.8 Å². The highest BCUT2D eigenvalue weighted by Crippen LogP contribution is 2.26. The van der Waals surface area contributed by atoms with Gasteiger partial charge in [-0.3, -0.25) is 4.79 Å². The Balaban J connectivity index is 1.84. The van der Waals surface area contributed by atoms with Gasteiger partial charge in [0.15, 0.2) is 0 Å². The van der Waals surface area contributed by atoms with E-state index in [1.54, 1.807) is 6.21 Å². The molecule has 2 aromatic carbocycles. The van der Waals surface area contributed by atoms with Crippen molar-refractivity contribution < 1.29 is 0 Å². The summed E-state index contributed by atoms with van der Waals surface area (Å²) in [5.74, 6) is 0.693. The molecule has 176 valence electrons. The summed E-state index contributed by atoms with van der Waals surface area (Å²) in [7, 11) is 0. The molecule has 0 spiro atoms. The second-order valence-electron chi connectivity index (χ2n) is 8.75. The molecule has 0 fully saturated rings. The van der Waals surface area contributed by atoms with Gasteiger partial charge in [-0.1, -0.05) is 54.4 Å². The van der Waals surface area contributed by atoms with Crippen LogP contribution >= 0.6 is 15.9 Å². The van der Waals surface area contributed by atoms with Crippen molar-refractivity contribution in [1.29, 1.82) is 0 Å². The summed E-state index contributed by atoms with van der Waals surface area (Å²) in [5.41, 5.74) is 7.58. The SMILES string of the molecule is CCCCc1nc2ccc(Br)cc2c(=O)n1N=Cc1cc(C)n(-c2c(C)cccc2CC)c1C. The maximum Gasteiger partial charge on any atom is 0.282 e. The van der Waals surface area contributed by atoms with Crippen LogP contribution in [-0.4, -0.2) is 20.4 Å². The molecular weight excluding hydrogens is 488 g/mol. The molecule has 4 aromatic rings. The topological polar surface area (TPSA) is 52.2 Å². The van der Waals surface area contributed by atoms with Crippen LogP contribution in [-0.2, 0) is 12.8 Å². The zero-order chi connectivity index (χ0) is 24.4. The van der Waals surface area contributed by atoms with E-state index in [9.17, 15) is 4.79 Å². The second-order valence-corrected chi connectivity index (χ2v) is 9.67. The molecule has 34 heavy (non-hydrogen) atoms. The molecule has 0 aliphatic heterocycles. The molecule has 0 bridgehead atoms. The maximum absolute atomic E-state index is 13.4. The number of benzene rings is 2. The van der Waals surface area contributed by atoms with Gasteiger partial charge in [0.25, 0.3) is 5.56 Å². The van der Waals surface area contributed by atoms with Crippen molar-refractivity contribution in [2.75, 3.05) is 0 Å². The van der Waals surface area contributed by atoms with Crippen LogP contribution in [0.15, 0.2) is 56.8 Å². The van der Waals surface area contributed by atoms with Crippen molar-refractivity contribution in [2.45, 2.75) is 60.3 Å². The first-order chi connectivity index (χ1) is 16.3. The summed E-state index contributed by atoms with van der Waals surface area (Å²) in [6, 6.07) is 14.2. The fourth-order valence-corrected chi connectivity index (χ4v) is 4.88. The van der Waals surface area contributed by atoms with E-state index < -0.39 is 0 Å². The molecule has 4 rings (SSSR count). The fourth-order valence-electron chi connectivity index (χ4n) is 4.52. The summed E-state index contributed by atoms with van der Waals surface area (Å²) in [6.07, 6.45) is 5.44. The summed E-state index contributed by atoms with van der Waals surface area (Å²) < 4.78 is 4.62. The van der Waals surface area contributed by atoms with Crippen LogP contribution < -0.4 is 5.56 Å². The third-order valence-electron chi connectivity index (χ3n) is 6.34. The van der Waals surface area contributed by atoms with E-state index in [0.29, 0.717) is 23.1 Å². The number of unbranched alkanes of at least 4 members (excludes halogenated alkanes) is 1. The van der Waals surface area contributed by atoms with E-state index in [2.05, 4.69) is 84.5 Å². The number of para-hydroxylation sites is 1. The number of hydrogen-bond acceptors (Lipinski definition) is 3. The smallest absolute Gasteiger partial charge is 0.282 e. The zero-order valence-corrected chi connectivity index (χ0v) is 22.1. The lowest BCUT2D eigenvalue weighted by Crippen LogP contribution is -2.22. The molecule has 0 unspecified atom stereocenters. The van der Waals surface area contributed by atoms with Crippen molar-refractivity contribution in [1.82, 2.24) is 14.2 Å². The molecule has 0 aliphatic carbocycles. The standard InChI is InChI=1S/C28H31BrN4O/c1-6-8-12-26-31-25-14-13-23(29)16-24(25)28(34)33(26)30-17-22-15-19(4)32(20(22)5)27-18(3)10-9-11-21(27)7-2/h9-11,13-17H,6-8,12H2,1-5H3. The number of nitrogens with zero attached hydrogens (tertiary/aromatic N) is 4. The summed E-state index contributed by atoms with van der Waals surface area (Å²) in [4.78, 5) is 18.2. The van der Waals surface area contributed by atoms with E-state index in [1.807, 2.05) is 18.2 Å². The Morgan fingerprint density at radius 3 is 2.62 bits per heavy atom. The van der Waals surface area contributed by atoms with E-state index in [0.717, 1.165) is 40.7 Å². The summed E-state index contributed by atoms with van der Waals surface area (Å²) >= 11 is 3.47. The predicted octanol–water partition coefficient (Wildman–Crippen LogP) is 6.66. The first kappa shape index (κ1) is 24.1. The minimum Gasteiger partial charge on any atom is -0.317 e. The van der Waals surface area contributed by atoms with Gasteiger partial charge in [0.05, 0.1) is 22.8 Å². The van der Waals surface area contributed by atoms with Crippen molar-refractivity contribution >= 4 is 33.0 Å². The molecule has 0 saturated heterocycles. The molecule has 6 heteroatoms. The molecule has 0 amide bonds.